The zero-order valence-electron chi connectivity index (χ0n) is 18.0. The van der Waals surface area contributed by atoms with E-state index in [1.54, 1.807) is 30.9 Å². The topological polar surface area (TPSA) is 78.0 Å². The lowest BCUT2D eigenvalue weighted by Crippen LogP contribution is -2.45. The highest BCUT2D eigenvalue weighted by Gasteiger charge is 2.31. The molecule has 3 rings (SSSR count). The molecule has 0 radical (unpaired) electrons. The highest BCUT2D eigenvalue weighted by molar-refractivity contribution is 7.89. The van der Waals surface area contributed by atoms with Crippen molar-refractivity contribution in [2.45, 2.75) is 50.8 Å². The van der Waals surface area contributed by atoms with Gasteiger partial charge in [0, 0.05) is 50.7 Å². The molecule has 2 aliphatic rings. The quantitative estimate of drug-likeness (QED) is 0.688. The summed E-state index contributed by atoms with van der Waals surface area (Å²) in [6.45, 7) is 7.12. The van der Waals surface area contributed by atoms with E-state index in [1.807, 2.05) is 4.90 Å². The molecular weight excluding hydrogens is 402 g/mol. The fourth-order valence-electron chi connectivity index (χ4n) is 4.39. The summed E-state index contributed by atoms with van der Waals surface area (Å²) in [4.78, 5) is 29.6. The number of piperidine rings is 2. The molecule has 2 amide bonds. The van der Waals surface area contributed by atoms with Crippen molar-refractivity contribution >= 4 is 21.8 Å². The largest absolute Gasteiger partial charge is 0.342 e. The summed E-state index contributed by atoms with van der Waals surface area (Å²) < 4.78 is 26.9. The maximum absolute atomic E-state index is 13.0. The second-order valence-electron chi connectivity index (χ2n) is 8.07. The fraction of sp³-hybridized carbons (Fsp3) is 0.636. The number of hydrogen-bond acceptors (Lipinski definition) is 4. The number of likely N-dealkylation sites (tertiary alicyclic amines) is 2. The van der Waals surface area contributed by atoms with Crippen LogP contribution in [0.15, 0.2) is 29.2 Å². The lowest BCUT2D eigenvalue weighted by atomic mass is 9.94. The first kappa shape index (κ1) is 22.7. The van der Waals surface area contributed by atoms with E-state index in [2.05, 4.69) is 0 Å². The minimum absolute atomic E-state index is 0.0125. The maximum atomic E-state index is 13.0. The molecule has 7 nitrogen and oxygen atoms in total. The molecule has 2 saturated heterocycles. The Balaban J connectivity index is 1.65. The summed E-state index contributed by atoms with van der Waals surface area (Å²) in [7, 11) is -3.61. The van der Waals surface area contributed by atoms with Crippen LogP contribution in [0.25, 0.3) is 0 Å². The molecule has 1 aromatic carbocycles. The number of rotatable bonds is 6. The van der Waals surface area contributed by atoms with Gasteiger partial charge in [-0.1, -0.05) is 19.9 Å². The van der Waals surface area contributed by atoms with Gasteiger partial charge in [0.1, 0.15) is 0 Å². The molecule has 2 heterocycles. The minimum Gasteiger partial charge on any atom is -0.342 e. The van der Waals surface area contributed by atoms with Crippen LogP contribution >= 0.6 is 0 Å². The standard InChI is InChI=1S/C22H33N3O4S/c1-3-25(4-2)30(28,29)20-10-8-9-19(17-20)22(27)24-15-11-18(12-16-24)21(26)23-13-6-5-7-14-23/h8-10,17-18H,3-7,11-16H2,1-2H3. The molecule has 2 fully saturated rings. The first-order valence-corrected chi connectivity index (χ1v) is 12.5. The Hall–Kier alpha value is -1.93. The Morgan fingerprint density at radius 2 is 1.60 bits per heavy atom. The van der Waals surface area contributed by atoms with Crippen LogP contribution in [0.1, 0.15) is 56.3 Å². The van der Waals surface area contributed by atoms with Gasteiger partial charge in [-0.2, -0.15) is 4.31 Å². The molecule has 0 aliphatic carbocycles. The Morgan fingerprint density at radius 3 is 2.20 bits per heavy atom. The van der Waals surface area contributed by atoms with E-state index in [1.165, 1.54) is 22.9 Å². The Morgan fingerprint density at radius 1 is 0.967 bits per heavy atom. The van der Waals surface area contributed by atoms with E-state index in [-0.39, 0.29) is 22.6 Å². The summed E-state index contributed by atoms with van der Waals surface area (Å²) >= 11 is 0. The van der Waals surface area contributed by atoms with Crippen LogP contribution in [0.5, 0.6) is 0 Å². The SMILES string of the molecule is CCN(CC)S(=O)(=O)c1cccc(C(=O)N2CCC(C(=O)N3CCCCC3)CC2)c1. The van der Waals surface area contributed by atoms with Gasteiger partial charge in [0.05, 0.1) is 4.90 Å². The van der Waals surface area contributed by atoms with E-state index in [9.17, 15) is 18.0 Å². The number of benzene rings is 1. The number of carbonyl (C=O) groups excluding carboxylic acids is 2. The van der Waals surface area contributed by atoms with Gasteiger partial charge in [-0.3, -0.25) is 9.59 Å². The van der Waals surface area contributed by atoms with Crippen LogP contribution in [0.2, 0.25) is 0 Å². The third-order valence-electron chi connectivity index (χ3n) is 6.22. The molecule has 0 saturated carbocycles. The van der Waals surface area contributed by atoms with Crippen molar-refractivity contribution < 1.29 is 18.0 Å². The summed E-state index contributed by atoms with van der Waals surface area (Å²) in [5.41, 5.74) is 0.379. The van der Waals surface area contributed by atoms with Crippen LogP contribution in [0, 0.1) is 5.92 Å². The van der Waals surface area contributed by atoms with Crippen molar-refractivity contribution in [3.63, 3.8) is 0 Å². The predicted octanol–water partition coefficient (Wildman–Crippen LogP) is 2.58. The molecule has 30 heavy (non-hydrogen) atoms. The normalized spacial score (nSPS) is 18.6. The van der Waals surface area contributed by atoms with E-state index >= 15 is 0 Å². The van der Waals surface area contributed by atoms with Gasteiger partial charge >= 0.3 is 0 Å². The third-order valence-corrected chi connectivity index (χ3v) is 8.27. The molecule has 2 aliphatic heterocycles. The van der Waals surface area contributed by atoms with Gasteiger partial charge in [0.15, 0.2) is 0 Å². The molecule has 0 N–H and O–H groups in total. The number of sulfonamides is 1. The Kier molecular flexibility index (Phi) is 7.52. The molecule has 0 atom stereocenters. The molecule has 0 bridgehead atoms. The first-order chi connectivity index (χ1) is 14.4. The number of carbonyl (C=O) groups is 2. The average molecular weight is 436 g/mol. The van der Waals surface area contributed by atoms with Crippen molar-refractivity contribution in [2.24, 2.45) is 5.92 Å². The van der Waals surface area contributed by atoms with Gasteiger partial charge in [0.25, 0.3) is 5.91 Å². The second kappa shape index (κ2) is 9.92. The van der Waals surface area contributed by atoms with E-state index < -0.39 is 10.0 Å². The molecule has 1 aromatic rings. The lowest BCUT2D eigenvalue weighted by molar-refractivity contribution is -0.137. The molecule has 0 unspecified atom stereocenters. The van der Waals surface area contributed by atoms with Gasteiger partial charge in [-0.05, 0) is 50.3 Å². The maximum Gasteiger partial charge on any atom is 0.253 e. The average Bonchev–Trinajstić information content (AvgIpc) is 2.79. The zero-order valence-corrected chi connectivity index (χ0v) is 18.9. The van der Waals surface area contributed by atoms with E-state index in [0.29, 0.717) is 44.6 Å². The van der Waals surface area contributed by atoms with Crippen LogP contribution in [0.3, 0.4) is 0 Å². The number of hydrogen-bond donors (Lipinski definition) is 0. The van der Waals surface area contributed by atoms with Gasteiger partial charge in [-0.15, -0.1) is 0 Å². The molecule has 8 heteroatoms. The van der Waals surface area contributed by atoms with Crippen molar-refractivity contribution in [2.75, 3.05) is 39.3 Å². The first-order valence-electron chi connectivity index (χ1n) is 11.1. The highest BCUT2D eigenvalue weighted by atomic mass is 32.2. The van der Waals surface area contributed by atoms with E-state index in [0.717, 1.165) is 25.9 Å². The smallest absolute Gasteiger partial charge is 0.253 e. The summed E-state index contributed by atoms with van der Waals surface area (Å²) in [5, 5.41) is 0. The van der Waals surface area contributed by atoms with Crippen LogP contribution in [-0.4, -0.2) is 73.6 Å². The lowest BCUT2D eigenvalue weighted by Gasteiger charge is -2.35. The second-order valence-corrected chi connectivity index (χ2v) is 10.0. The van der Waals surface area contributed by atoms with E-state index in [4.69, 9.17) is 0 Å². The molecule has 166 valence electrons. The van der Waals surface area contributed by atoms with Crippen molar-refractivity contribution in [1.82, 2.24) is 14.1 Å². The number of amides is 2. The van der Waals surface area contributed by atoms with Crippen LogP contribution < -0.4 is 0 Å². The Labute approximate surface area is 180 Å². The number of nitrogens with zero attached hydrogens (tertiary/aromatic N) is 3. The van der Waals surface area contributed by atoms with Crippen LogP contribution in [0.4, 0.5) is 0 Å². The van der Waals surface area contributed by atoms with Crippen molar-refractivity contribution in [1.29, 1.82) is 0 Å². The molecule has 0 spiro atoms. The summed E-state index contributed by atoms with van der Waals surface area (Å²) in [5.74, 6) is 0.0473. The zero-order chi connectivity index (χ0) is 21.7. The summed E-state index contributed by atoms with van der Waals surface area (Å²) in [6.07, 6.45) is 4.68. The van der Waals surface area contributed by atoms with Gasteiger partial charge < -0.3 is 9.80 Å². The minimum atomic E-state index is -3.61. The molecular formula is C22H33N3O4S. The van der Waals surface area contributed by atoms with Crippen molar-refractivity contribution in [3.8, 4) is 0 Å². The summed E-state index contributed by atoms with van der Waals surface area (Å²) in [6, 6.07) is 6.29. The van der Waals surface area contributed by atoms with Gasteiger partial charge in [0.2, 0.25) is 15.9 Å². The predicted molar refractivity (Wildman–Crippen MR) is 116 cm³/mol. The monoisotopic (exact) mass is 435 g/mol. The Bertz CT molecular complexity index is 853. The highest BCUT2D eigenvalue weighted by Crippen LogP contribution is 2.24. The van der Waals surface area contributed by atoms with Gasteiger partial charge in [-0.25, -0.2) is 8.42 Å². The third kappa shape index (κ3) is 4.86. The molecule has 0 aromatic heterocycles. The fourth-order valence-corrected chi connectivity index (χ4v) is 5.89. The van der Waals surface area contributed by atoms with Crippen molar-refractivity contribution in [3.05, 3.63) is 29.8 Å². The van der Waals surface area contributed by atoms with Crippen LogP contribution in [-0.2, 0) is 14.8 Å².